The molecule has 3 aromatic rings. The van der Waals surface area contributed by atoms with Crippen molar-refractivity contribution in [3.8, 4) is 23.0 Å². The first kappa shape index (κ1) is 19.3. The molecule has 146 valence electrons. The predicted octanol–water partition coefficient (Wildman–Crippen LogP) is 5.73. The molecule has 3 aromatic carbocycles. The maximum atomic E-state index is 13.3. The Morgan fingerprint density at radius 1 is 0.643 bits per heavy atom. The third kappa shape index (κ3) is 4.25. The van der Waals surface area contributed by atoms with Crippen molar-refractivity contribution in [1.82, 2.24) is 0 Å². The van der Waals surface area contributed by atoms with Gasteiger partial charge in [0.15, 0.2) is 0 Å². The molecule has 0 amide bonds. The summed E-state index contributed by atoms with van der Waals surface area (Å²) in [5, 5.41) is 0. The van der Waals surface area contributed by atoms with Gasteiger partial charge in [0.1, 0.15) is 34.6 Å². The normalized spacial score (nSPS) is 11.3. The molecule has 0 aromatic heterocycles. The summed E-state index contributed by atoms with van der Waals surface area (Å²) in [7, 11) is 0. The van der Waals surface area contributed by atoms with Gasteiger partial charge in [-0.3, -0.25) is 0 Å². The van der Waals surface area contributed by atoms with Crippen LogP contribution in [0.15, 0.2) is 54.6 Å². The Morgan fingerprint density at radius 3 is 1.61 bits per heavy atom. The van der Waals surface area contributed by atoms with E-state index in [1.54, 1.807) is 0 Å². The van der Waals surface area contributed by atoms with Crippen LogP contribution in [0.25, 0.3) is 0 Å². The molecule has 0 spiro atoms. The van der Waals surface area contributed by atoms with Crippen molar-refractivity contribution in [1.29, 1.82) is 0 Å². The highest BCUT2D eigenvalue weighted by atomic mass is 19.4. The van der Waals surface area contributed by atoms with Crippen LogP contribution in [0.1, 0.15) is 5.56 Å². The lowest BCUT2D eigenvalue weighted by Gasteiger charge is -2.16. The molecule has 0 atom stereocenters. The minimum Gasteiger partial charge on any atom is -0.457 e. The molecule has 0 aliphatic carbocycles. The highest BCUT2D eigenvalue weighted by molar-refractivity contribution is 5.51. The minimum atomic E-state index is -4.71. The van der Waals surface area contributed by atoms with Crippen molar-refractivity contribution < 1.29 is 31.4 Å². The predicted molar refractivity (Wildman–Crippen MR) is 93.2 cm³/mol. The van der Waals surface area contributed by atoms with Gasteiger partial charge in [0.05, 0.1) is 16.9 Å². The maximum Gasteiger partial charge on any atom is 0.419 e. The topological polar surface area (TPSA) is 70.5 Å². The highest BCUT2D eigenvalue weighted by Crippen LogP contribution is 2.41. The van der Waals surface area contributed by atoms with E-state index in [2.05, 4.69) is 0 Å². The number of hydrogen-bond acceptors (Lipinski definition) is 4. The summed E-state index contributed by atoms with van der Waals surface area (Å²) in [6.45, 7) is 0. The van der Waals surface area contributed by atoms with E-state index in [-0.39, 0.29) is 28.6 Å². The van der Waals surface area contributed by atoms with E-state index >= 15 is 0 Å². The molecule has 0 fully saturated rings. The molecule has 28 heavy (non-hydrogen) atoms. The van der Waals surface area contributed by atoms with Gasteiger partial charge in [0, 0.05) is 18.2 Å². The van der Waals surface area contributed by atoms with Gasteiger partial charge < -0.3 is 20.9 Å². The summed E-state index contributed by atoms with van der Waals surface area (Å²) in [6, 6.07) is 9.54. The number of benzene rings is 3. The van der Waals surface area contributed by atoms with Crippen LogP contribution in [0, 0.1) is 11.6 Å². The van der Waals surface area contributed by atoms with E-state index < -0.39 is 29.1 Å². The van der Waals surface area contributed by atoms with Crippen molar-refractivity contribution in [2.24, 2.45) is 0 Å². The minimum absolute atomic E-state index is 0.0101. The molecule has 0 aliphatic heterocycles. The van der Waals surface area contributed by atoms with Crippen LogP contribution in [-0.4, -0.2) is 0 Å². The van der Waals surface area contributed by atoms with Gasteiger partial charge in [-0.1, -0.05) is 0 Å². The van der Waals surface area contributed by atoms with Gasteiger partial charge in [-0.2, -0.15) is 13.2 Å². The molecule has 4 nitrogen and oxygen atoms in total. The Morgan fingerprint density at radius 2 is 1.11 bits per heavy atom. The van der Waals surface area contributed by atoms with Crippen molar-refractivity contribution in [2.45, 2.75) is 6.18 Å². The summed E-state index contributed by atoms with van der Waals surface area (Å²) in [5.41, 5.74) is 9.33. The average molecular weight is 396 g/mol. The first-order valence-corrected chi connectivity index (χ1v) is 7.80. The van der Waals surface area contributed by atoms with Crippen molar-refractivity contribution in [3.05, 3.63) is 71.8 Å². The summed E-state index contributed by atoms with van der Waals surface area (Å²) in [5.74, 6) is -1.94. The standard InChI is InChI=1S/C19H13F5N2O2/c20-14-5-2-10(7-16(14)25)27-12-1-4-13(19(22,23)24)18(9-12)28-11-3-6-15(21)17(26)8-11/h1-9H,25-26H2. The van der Waals surface area contributed by atoms with Crippen molar-refractivity contribution in [2.75, 3.05) is 11.5 Å². The fourth-order valence-corrected chi connectivity index (χ4v) is 2.32. The van der Waals surface area contributed by atoms with Gasteiger partial charge in [-0.25, -0.2) is 8.78 Å². The quantitative estimate of drug-likeness (QED) is 0.436. The summed E-state index contributed by atoms with van der Waals surface area (Å²) in [6.07, 6.45) is -4.71. The molecule has 0 unspecified atom stereocenters. The molecule has 0 bridgehead atoms. The van der Waals surface area contributed by atoms with Crippen LogP contribution in [0.3, 0.4) is 0 Å². The van der Waals surface area contributed by atoms with Crippen LogP contribution in [-0.2, 0) is 6.18 Å². The molecule has 0 aliphatic rings. The zero-order chi connectivity index (χ0) is 20.5. The molecule has 9 heteroatoms. The van der Waals surface area contributed by atoms with Gasteiger partial charge in [-0.05, 0) is 36.4 Å². The van der Waals surface area contributed by atoms with Gasteiger partial charge >= 0.3 is 6.18 Å². The largest absolute Gasteiger partial charge is 0.457 e. The second-order valence-electron chi connectivity index (χ2n) is 5.73. The number of ether oxygens (including phenoxy) is 2. The molecule has 3 rings (SSSR count). The number of halogens is 5. The second-order valence-corrected chi connectivity index (χ2v) is 5.73. The van der Waals surface area contributed by atoms with E-state index in [4.69, 9.17) is 20.9 Å². The summed E-state index contributed by atoms with van der Waals surface area (Å²) < 4.78 is 77.0. The third-order valence-electron chi connectivity index (χ3n) is 3.66. The maximum absolute atomic E-state index is 13.3. The summed E-state index contributed by atoms with van der Waals surface area (Å²) in [4.78, 5) is 0. The Labute approximate surface area is 156 Å². The molecule has 0 radical (unpaired) electrons. The number of rotatable bonds is 4. The number of nitrogen functional groups attached to an aromatic ring is 2. The van der Waals surface area contributed by atoms with Crippen molar-refractivity contribution >= 4 is 11.4 Å². The number of anilines is 2. The first-order chi connectivity index (χ1) is 13.1. The Kier molecular flexibility index (Phi) is 5.00. The lowest BCUT2D eigenvalue weighted by molar-refractivity contribution is -0.138. The zero-order valence-electron chi connectivity index (χ0n) is 14.1. The molecular weight excluding hydrogens is 383 g/mol. The van der Waals surface area contributed by atoms with Gasteiger partial charge in [0.2, 0.25) is 0 Å². The Hall–Kier alpha value is -3.49. The van der Waals surface area contributed by atoms with Crippen LogP contribution in [0.4, 0.5) is 33.3 Å². The lowest BCUT2D eigenvalue weighted by atomic mass is 10.1. The van der Waals surface area contributed by atoms with Crippen molar-refractivity contribution in [3.63, 3.8) is 0 Å². The Bertz CT molecular complexity index is 1020. The van der Waals surface area contributed by atoms with Crippen LogP contribution >= 0.6 is 0 Å². The average Bonchev–Trinajstić information content (AvgIpc) is 2.61. The second kappa shape index (κ2) is 7.26. The smallest absolute Gasteiger partial charge is 0.419 e. The summed E-state index contributed by atoms with van der Waals surface area (Å²) >= 11 is 0. The molecule has 0 saturated carbocycles. The molecular formula is C19H13F5N2O2. The zero-order valence-corrected chi connectivity index (χ0v) is 14.1. The molecule has 4 N–H and O–H groups in total. The monoisotopic (exact) mass is 396 g/mol. The first-order valence-electron chi connectivity index (χ1n) is 7.80. The van der Waals surface area contributed by atoms with Crippen LogP contribution in [0.2, 0.25) is 0 Å². The Balaban J connectivity index is 1.96. The van der Waals surface area contributed by atoms with Gasteiger partial charge in [0.25, 0.3) is 0 Å². The lowest BCUT2D eigenvalue weighted by Crippen LogP contribution is -2.07. The highest BCUT2D eigenvalue weighted by Gasteiger charge is 2.35. The van der Waals surface area contributed by atoms with E-state index in [0.29, 0.717) is 0 Å². The number of hydrogen-bond donors (Lipinski definition) is 2. The fraction of sp³-hybridized carbons (Fsp3) is 0.0526. The van der Waals surface area contributed by atoms with Crippen LogP contribution in [0.5, 0.6) is 23.0 Å². The molecule has 0 saturated heterocycles. The number of nitrogens with two attached hydrogens (primary N) is 2. The van der Waals surface area contributed by atoms with Gasteiger partial charge in [-0.15, -0.1) is 0 Å². The fourth-order valence-electron chi connectivity index (χ4n) is 2.32. The van der Waals surface area contributed by atoms with E-state index in [1.165, 1.54) is 12.1 Å². The van der Waals surface area contributed by atoms with E-state index in [1.807, 2.05) is 0 Å². The SMILES string of the molecule is Nc1cc(Oc2ccc(C(F)(F)F)c(Oc3ccc(F)c(N)c3)c2)ccc1F. The van der Waals surface area contributed by atoms with Crippen LogP contribution < -0.4 is 20.9 Å². The third-order valence-corrected chi connectivity index (χ3v) is 3.66. The van der Waals surface area contributed by atoms with E-state index in [9.17, 15) is 22.0 Å². The molecule has 0 heterocycles. The van der Waals surface area contributed by atoms with E-state index in [0.717, 1.165) is 42.5 Å². The number of alkyl halides is 3.